The first-order chi connectivity index (χ1) is 11.1. The molecule has 1 rings (SSSR count). The summed E-state index contributed by atoms with van der Waals surface area (Å²) in [6, 6.07) is 6.94. The van der Waals surface area contributed by atoms with Crippen LogP contribution in [0.25, 0.3) is 0 Å². The minimum atomic E-state index is -3.60. The van der Waals surface area contributed by atoms with E-state index in [-0.39, 0.29) is 62.9 Å². The fraction of sp³-hybridized carbons (Fsp3) is 0.684. The van der Waals surface area contributed by atoms with Crippen LogP contribution in [0.3, 0.4) is 0 Å². The second-order valence-corrected chi connectivity index (χ2v) is 7.81. The van der Waals surface area contributed by atoms with Crippen LogP contribution in [0, 0.1) is 6.92 Å². The molecule has 3 nitrogen and oxygen atoms in total. The summed E-state index contributed by atoms with van der Waals surface area (Å²) >= 11 is 0. The van der Waals surface area contributed by atoms with Crippen molar-refractivity contribution in [3.05, 3.63) is 29.8 Å². The third-order valence-electron chi connectivity index (χ3n) is 4.10. The van der Waals surface area contributed by atoms with Gasteiger partial charge in [0.25, 0.3) is 10.1 Å². The second kappa shape index (κ2) is 14.9. The molecule has 0 saturated carbocycles. The van der Waals surface area contributed by atoms with Crippen molar-refractivity contribution in [3.8, 4) is 0 Å². The molecule has 1 aromatic carbocycles. The Bertz CT molecular complexity index is 529. The molecule has 24 heavy (non-hydrogen) atoms. The van der Waals surface area contributed by atoms with Crippen LogP contribution in [0.4, 0.5) is 0 Å². The number of unbranched alkanes of at least 4 members (excludes halogenated alkanes) is 9. The smallest absolute Gasteiger partial charge is 0.266 e. The average molecular weight is 380 g/mol. The number of rotatable bonds is 13. The number of hydrogen-bond donors (Lipinski definition) is 0. The van der Waals surface area contributed by atoms with E-state index in [2.05, 4.69) is 6.92 Å². The van der Waals surface area contributed by atoms with Crippen LogP contribution < -0.4 is 0 Å². The maximum Gasteiger partial charge on any atom is 0.297 e. The van der Waals surface area contributed by atoms with E-state index in [0.29, 0.717) is 0 Å². The van der Waals surface area contributed by atoms with E-state index < -0.39 is 10.1 Å². The Hall–Kier alpha value is 0.766. The molecular formula is C19H32KO3S. The molecular weight excluding hydrogens is 347 g/mol. The van der Waals surface area contributed by atoms with Crippen molar-refractivity contribution in [2.75, 3.05) is 6.61 Å². The van der Waals surface area contributed by atoms with Crippen LogP contribution in [-0.4, -0.2) is 66.4 Å². The summed E-state index contributed by atoms with van der Waals surface area (Å²) in [5, 5.41) is 0. The van der Waals surface area contributed by atoms with Gasteiger partial charge >= 0.3 is 0 Å². The van der Waals surface area contributed by atoms with E-state index >= 15 is 0 Å². The summed E-state index contributed by atoms with van der Waals surface area (Å²) in [7, 11) is -3.60. The van der Waals surface area contributed by atoms with Gasteiger partial charge < -0.3 is 0 Å². The third-order valence-corrected chi connectivity index (χ3v) is 5.57. The molecule has 0 bridgehead atoms. The van der Waals surface area contributed by atoms with Gasteiger partial charge in [0.1, 0.15) is 0 Å². The van der Waals surface area contributed by atoms with Crippen LogP contribution in [-0.2, 0) is 14.3 Å². The Kier molecular flexibility index (Phi) is 15.4. The molecule has 0 saturated heterocycles. The van der Waals surface area contributed by atoms with Crippen molar-refractivity contribution in [3.63, 3.8) is 0 Å². The summed E-state index contributed by atoms with van der Waals surface area (Å²) in [5.74, 6) is 0. The molecule has 5 heteroatoms. The van der Waals surface area contributed by atoms with E-state index in [4.69, 9.17) is 4.18 Å². The molecule has 1 aromatic rings. The molecule has 0 aliphatic rings. The molecule has 0 heterocycles. The zero-order chi connectivity index (χ0) is 17.0. The monoisotopic (exact) mass is 379 g/mol. The predicted molar refractivity (Wildman–Crippen MR) is 102 cm³/mol. The van der Waals surface area contributed by atoms with Gasteiger partial charge in [-0.05, 0) is 25.0 Å². The summed E-state index contributed by atoms with van der Waals surface area (Å²) in [4.78, 5) is 0.284. The molecule has 0 spiro atoms. The Labute approximate surface area is 191 Å². The van der Waals surface area contributed by atoms with Crippen LogP contribution in [0.5, 0.6) is 0 Å². The van der Waals surface area contributed by atoms with Crippen LogP contribution in [0.1, 0.15) is 76.7 Å². The predicted octanol–water partition coefficient (Wildman–Crippen LogP) is 5.24. The fourth-order valence-electron chi connectivity index (χ4n) is 2.66. The van der Waals surface area contributed by atoms with Gasteiger partial charge in [-0.2, -0.15) is 8.42 Å². The quantitative estimate of drug-likeness (QED) is 0.267. The Morgan fingerprint density at radius 2 is 1.33 bits per heavy atom. The molecule has 0 aromatic heterocycles. The summed E-state index contributed by atoms with van der Waals surface area (Å²) in [5.41, 5.74) is 0.732. The van der Waals surface area contributed by atoms with Crippen molar-refractivity contribution in [1.29, 1.82) is 0 Å². The molecule has 0 atom stereocenters. The first-order valence-electron chi connectivity index (χ1n) is 9.03. The summed E-state index contributed by atoms with van der Waals surface area (Å²) < 4.78 is 29.3. The Balaban J connectivity index is 0.00000529. The molecule has 0 unspecified atom stereocenters. The van der Waals surface area contributed by atoms with E-state index in [9.17, 15) is 8.42 Å². The van der Waals surface area contributed by atoms with Gasteiger partial charge in [0, 0.05) is 51.4 Å². The number of benzene rings is 1. The SMILES string of the molecule is CCCCCCCCCCCCOS(=O)(=O)c1ccccc1C.[K]. The van der Waals surface area contributed by atoms with Crippen LogP contribution in [0.15, 0.2) is 29.2 Å². The van der Waals surface area contributed by atoms with Crippen molar-refractivity contribution < 1.29 is 12.6 Å². The fourth-order valence-corrected chi connectivity index (χ4v) is 3.83. The minimum Gasteiger partial charge on any atom is -0.266 e. The van der Waals surface area contributed by atoms with Gasteiger partial charge in [-0.25, -0.2) is 0 Å². The minimum absolute atomic E-state index is 0. The van der Waals surface area contributed by atoms with Crippen molar-refractivity contribution in [2.45, 2.75) is 83.0 Å². The topological polar surface area (TPSA) is 43.4 Å². The zero-order valence-corrected chi connectivity index (χ0v) is 19.7. The van der Waals surface area contributed by atoms with Crippen molar-refractivity contribution in [1.82, 2.24) is 0 Å². The normalized spacial score (nSPS) is 11.2. The van der Waals surface area contributed by atoms with Gasteiger partial charge in [0.15, 0.2) is 0 Å². The van der Waals surface area contributed by atoms with E-state index in [0.717, 1.165) is 18.4 Å². The Morgan fingerprint density at radius 3 is 1.88 bits per heavy atom. The molecule has 1 radical (unpaired) electrons. The molecule has 0 N–H and O–H groups in total. The van der Waals surface area contributed by atoms with Crippen LogP contribution >= 0.6 is 0 Å². The molecule has 0 amide bonds. The molecule has 133 valence electrons. The standard InChI is InChI=1S/C19H32O3S.K/c1-3-4-5-6-7-8-9-10-11-14-17-22-23(20,21)19-16-13-12-15-18(19)2;/h12-13,15-16H,3-11,14,17H2,1-2H3;. The maximum atomic E-state index is 12.1. The summed E-state index contributed by atoms with van der Waals surface area (Å²) in [6.07, 6.45) is 12.3. The van der Waals surface area contributed by atoms with Crippen molar-refractivity contribution >= 4 is 61.5 Å². The van der Waals surface area contributed by atoms with E-state index in [1.165, 1.54) is 51.4 Å². The van der Waals surface area contributed by atoms with Gasteiger partial charge in [0.05, 0.1) is 11.5 Å². The largest absolute Gasteiger partial charge is 0.297 e. The Morgan fingerprint density at radius 1 is 0.833 bits per heavy atom. The summed E-state index contributed by atoms with van der Waals surface area (Å²) in [6.45, 7) is 4.31. The first kappa shape index (κ1) is 24.8. The van der Waals surface area contributed by atoms with Gasteiger partial charge in [0.2, 0.25) is 0 Å². The zero-order valence-electron chi connectivity index (χ0n) is 15.7. The number of aryl methyl sites for hydroxylation is 1. The molecule has 0 aliphatic heterocycles. The maximum absolute atomic E-state index is 12.1. The van der Waals surface area contributed by atoms with E-state index in [1.807, 2.05) is 6.07 Å². The second-order valence-electron chi connectivity index (χ2n) is 6.22. The third kappa shape index (κ3) is 10.7. The van der Waals surface area contributed by atoms with Crippen LogP contribution in [0.2, 0.25) is 0 Å². The van der Waals surface area contributed by atoms with Gasteiger partial charge in [-0.1, -0.05) is 82.9 Å². The van der Waals surface area contributed by atoms with Crippen molar-refractivity contribution in [2.24, 2.45) is 0 Å². The molecule has 0 fully saturated rings. The van der Waals surface area contributed by atoms with E-state index in [1.54, 1.807) is 25.1 Å². The molecule has 0 aliphatic carbocycles. The van der Waals surface area contributed by atoms with Gasteiger partial charge in [-0.15, -0.1) is 0 Å². The average Bonchev–Trinajstić information content (AvgIpc) is 2.53. The number of hydrogen-bond acceptors (Lipinski definition) is 3. The van der Waals surface area contributed by atoms with Gasteiger partial charge in [-0.3, -0.25) is 4.18 Å². The first-order valence-corrected chi connectivity index (χ1v) is 10.4.